The topological polar surface area (TPSA) is 49.4 Å². The highest BCUT2D eigenvalue weighted by Gasteiger charge is 2.20. The molecule has 1 aliphatic heterocycles. The molecule has 18 heavy (non-hydrogen) atoms. The van der Waals surface area contributed by atoms with Crippen molar-refractivity contribution >= 4 is 17.5 Å². The normalized spacial score (nSPS) is 14.6. The maximum absolute atomic E-state index is 12.7. The van der Waals surface area contributed by atoms with Crippen LogP contribution >= 0.6 is 0 Å². The fourth-order valence-electron chi connectivity index (χ4n) is 1.95. The Hall–Kier alpha value is -1.91. The molecule has 0 bridgehead atoms. The van der Waals surface area contributed by atoms with E-state index in [9.17, 15) is 14.0 Å². The Kier molecular flexibility index (Phi) is 3.92. The molecule has 0 unspecified atom stereocenters. The molecule has 0 spiro atoms. The van der Waals surface area contributed by atoms with Crippen molar-refractivity contribution < 1.29 is 14.0 Å². The standard InChI is InChI=1S/C13H15FN2O2/c14-10-3-5-11(6-4-10)15-12(17)9-13(18)16-7-1-2-8-16/h3-6H,1-2,7-9H2,(H,15,17). The monoisotopic (exact) mass is 250 g/mol. The van der Waals surface area contributed by atoms with Crippen molar-refractivity contribution in [1.29, 1.82) is 0 Å². The molecule has 0 radical (unpaired) electrons. The second-order valence-corrected chi connectivity index (χ2v) is 4.32. The van der Waals surface area contributed by atoms with Crippen LogP contribution in [-0.2, 0) is 9.59 Å². The summed E-state index contributed by atoms with van der Waals surface area (Å²) < 4.78 is 12.7. The van der Waals surface area contributed by atoms with Gasteiger partial charge in [-0.05, 0) is 37.1 Å². The highest BCUT2D eigenvalue weighted by atomic mass is 19.1. The Morgan fingerprint density at radius 3 is 2.39 bits per heavy atom. The van der Waals surface area contributed by atoms with Crippen LogP contribution in [0.2, 0.25) is 0 Å². The molecular formula is C13H15FN2O2. The minimum absolute atomic E-state index is 0.146. The van der Waals surface area contributed by atoms with Crippen LogP contribution in [0.1, 0.15) is 19.3 Å². The number of hydrogen-bond acceptors (Lipinski definition) is 2. The molecule has 96 valence electrons. The molecule has 2 rings (SSSR count). The van der Waals surface area contributed by atoms with Gasteiger partial charge in [-0.1, -0.05) is 0 Å². The van der Waals surface area contributed by atoms with Crippen molar-refractivity contribution in [1.82, 2.24) is 4.90 Å². The molecule has 1 aromatic rings. The number of carbonyl (C=O) groups is 2. The molecule has 0 saturated carbocycles. The van der Waals surface area contributed by atoms with Crippen molar-refractivity contribution in [3.63, 3.8) is 0 Å². The largest absolute Gasteiger partial charge is 0.342 e. The van der Waals surface area contributed by atoms with Crippen LogP contribution in [0, 0.1) is 5.82 Å². The number of anilines is 1. The molecule has 0 atom stereocenters. The number of benzene rings is 1. The Bertz CT molecular complexity index is 439. The first-order chi connectivity index (χ1) is 8.65. The lowest BCUT2D eigenvalue weighted by molar-refractivity contribution is -0.133. The summed E-state index contributed by atoms with van der Waals surface area (Å²) in [4.78, 5) is 25.0. The molecule has 1 saturated heterocycles. The van der Waals surface area contributed by atoms with E-state index in [1.165, 1.54) is 24.3 Å². The van der Waals surface area contributed by atoms with Gasteiger partial charge in [0.1, 0.15) is 12.2 Å². The van der Waals surface area contributed by atoms with Crippen LogP contribution in [0.5, 0.6) is 0 Å². The number of nitrogens with zero attached hydrogens (tertiary/aromatic N) is 1. The van der Waals surface area contributed by atoms with Gasteiger partial charge in [0.25, 0.3) is 0 Å². The van der Waals surface area contributed by atoms with E-state index >= 15 is 0 Å². The lowest BCUT2D eigenvalue weighted by Gasteiger charge is -2.14. The summed E-state index contributed by atoms with van der Waals surface area (Å²) >= 11 is 0. The van der Waals surface area contributed by atoms with E-state index in [0.29, 0.717) is 5.69 Å². The molecule has 0 aromatic heterocycles. The second-order valence-electron chi connectivity index (χ2n) is 4.32. The lowest BCUT2D eigenvalue weighted by Crippen LogP contribution is -2.31. The summed E-state index contributed by atoms with van der Waals surface area (Å²) in [6.45, 7) is 1.48. The predicted octanol–water partition coefficient (Wildman–Crippen LogP) is 1.78. The molecule has 1 aliphatic rings. The first-order valence-electron chi connectivity index (χ1n) is 5.98. The van der Waals surface area contributed by atoms with Crippen molar-refractivity contribution in [2.45, 2.75) is 19.3 Å². The highest BCUT2D eigenvalue weighted by Crippen LogP contribution is 2.11. The Morgan fingerprint density at radius 1 is 1.17 bits per heavy atom. The van der Waals surface area contributed by atoms with Gasteiger partial charge in [0, 0.05) is 18.8 Å². The van der Waals surface area contributed by atoms with Crippen molar-refractivity contribution in [3.8, 4) is 0 Å². The minimum atomic E-state index is -0.362. The van der Waals surface area contributed by atoms with Gasteiger partial charge < -0.3 is 10.2 Å². The van der Waals surface area contributed by atoms with Gasteiger partial charge in [0.05, 0.1) is 0 Å². The molecule has 1 aromatic carbocycles. The fourth-order valence-corrected chi connectivity index (χ4v) is 1.95. The van der Waals surface area contributed by atoms with Crippen molar-refractivity contribution in [2.24, 2.45) is 0 Å². The van der Waals surface area contributed by atoms with Gasteiger partial charge in [-0.15, -0.1) is 0 Å². The van der Waals surface area contributed by atoms with Crippen LogP contribution in [0.25, 0.3) is 0 Å². The number of amides is 2. The highest BCUT2D eigenvalue weighted by molar-refractivity contribution is 6.03. The quantitative estimate of drug-likeness (QED) is 0.831. The summed E-state index contributed by atoms with van der Waals surface area (Å²) in [6.07, 6.45) is 1.86. The summed E-state index contributed by atoms with van der Waals surface area (Å²) in [5, 5.41) is 2.57. The van der Waals surface area contributed by atoms with Crippen LogP contribution in [0.3, 0.4) is 0 Å². The van der Waals surface area contributed by atoms with E-state index in [-0.39, 0.29) is 24.1 Å². The summed E-state index contributed by atoms with van der Waals surface area (Å²) in [5.74, 6) is -0.869. The average molecular weight is 250 g/mol. The van der Waals surface area contributed by atoms with E-state index in [1.807, 2.05) is 0 Å². The summed E-state index contributed by atoms with van der Waals surface area (Å²) in [5.41, 5.74) is 0.496. The molecule has 5 heteroatoms. The Balaban J connectivity index is 1.84. The first kappa shape index (κ1) is 12.5. The second kappa shape index (κ2) is 5.62. The van der Waals surface area contributed by atoms with Gasteiger partial charge in [-0.3, -0.25) is 9.59 Å². The fraction of sp³-hybridized carbons (Fsp3) is 0.385. The van der Waals surface area contributed by atoms with Crippen LogP contribution in [-0.4, -0.2) is 29.8 Å². The number of carbonyl (C=O) groups excluding carboxylic acids is 2. The van der Waals surface area contributed by atoms with Crippen LogP contribution in [0.4, 0.5) is 10.1 Å². The number of hydrogen-bond donors (Lipinski definition) is 1. The molecule has 1 N–H and O–H groups in total. The maximum Gasteiger partial charge on any atom is 0.233 e. The van der Waals surface area contributed by atoms with E-state index in [2.05, 4.69) is 5.32 Å². The van der Waals surface area contributed by atoms with Crippen molar-refractivity contribution in [3.05, 3.63) is 30.1 Å². The molecule has 1 fully saturated rings. The molecule has 1 heterocycles. The maximum atomic E-state index is 12.7. The van der Waals surface area contributed by atoms with E-state index in [0.717, 1.165) is 25.9 Å². The van der Waals surface area contributed by atoms with Gasteiger partial charge in [0.15, 0.2) is 0 Å². The van der Waals surface area contributed by atoms with Gasteiger partial charge in [0.2, 0.25) is 11.8 Å². The third-order valence-electron chi connectivity index (χ3n) is 2.90. The molecule has 4 nitrogen and oxygen atoms in total. The molecule has 2 amide bonds. The number of nitrogens with one attached hydrogen (secondary N) is 1. The van der Waals surface area contributed by atoms with Gasteiger partial charge in [-0.25, -0.2) is 4.39 Å². The van der Waals surface area contributed by atoms with Crippen molar-refractivity contribution in [2.75, 3.05) is 18.4 Å². The van der Waals surface area contributed by atoms with E-state index in [4.69, 9.17) is 0 Å². The zero-order valence-electron chi connectivity index (χ0n) is 9.99. The van der Waals surface area contributed by atoms with E-state index in [1.54, 1.807) is 4.90 Å². The summed E-state index contributed by atoms with van der Waals surface area (Å²) in [7, 11) is 0. The zero-order valence-corrected chi connectivity index (χ0v) is 9.99. The van der Waals surface area contributed by atoms with Gasteiger partial charge in [-0.2, -0.15) is 0 Å². The predicted molar refractivity (Wildman–Crippen MR) is 65.5 cm³/mol. The third-order valence-corrected chi connectivity index (χ3v) is 2.90. The molecular weight excluding hydrogens is 235 g/mol. The van der Waals surface area contributed by atoms with Crippen LogP contribution < -0.4 is 5.32 Å². The van der Waals surface area contributed by atoms with Crippen LogP contribution in [0.15, 0.2) is 24.3 Å². The third kappa shape index (κ3) is 3.29. The average Bonchev–Trinajstić information content (AvgIpc) is 2.85. The lowest BCUT2D eigenvalue weighted by atomic mass is 10.3. The number of likely N-dealkylation sites (tertiary alicyclic amines) is 1. The first-order valence-corrected chi connectivity index (χ1v) is 5.98. The zero-order chi connectivity index (χ0) is 13.0. The number of rotatable bonds is 3. The van der Waals surface area contributed by atoms with E-state index < -0.39 is 0 Å². The van der Waals surface area contributed by atoms with Gasteiger partial charge >= 0.3 is 0 Å². The number of halogens is 1. The molecule has 0 aliphatic carbocycles. The Labute approximate surface area is 105 Å². The SMILES string of the molecule is O=C(CC(=O)N1CCCC1)Nc1ccc(F)cc1. The minimum Gasteiger partial charge on any atom is -0.342 e. The Morgan fingerprint density at radius 2 is 1.78 bits per heavy atom. The summed E-state index contributed by atoms with van der Waals surface area (Å²) in [6, 6.07) is 5.46. The smallest absolute Gasteiger partial charge is 0.233 e.